The molecule has 2 rings (SSSR count). The number of phenolic OH excluding ortho intramolecular Hbond substituents is 1. The smallest absolute Gasteiger partial charge is 0.316 e. The number of aromatic hydroxyl groups is 1. The molecule has 0 amide bonds. The zero-order chi connectivity index (χ0) is 17.5. The minimum absolute atomic E-state index is 0. The summed E-state index contributed by atoms with van der Waals surface area (Å²) in [4.78, 5) is 14.3. The van der Waals surface area contributed by atoms with Crippen molar-refractivity contribution in [3.63, 3.8) is 0 Å². The first kappa shape index (κ1) is 11.4. The molecule has 1 aliphatic rings. The third-order valence-corrected chi connectivity index (χ3v) is 3.09. The van der Waals surface area contributed by atoms with Crippen LogP contribution in [0.4, 0.5) is 0 Å². The number of likely N-dealkylation sites (tertiary alicyclic amines) is 1. The van der Waals surface area contributed by atoms with E-state index in [-0.39, 0.29) is 43.4 Å². The van der Waals surface area contributed by atoms with Gasteiger partial charge in [0.1, 0.15) is 5.75 Å². The average Bonchev–Trinajstić information content (AvgIpc) is 2.35. The maximum Gasteiger partial charge on any atom is 0.316 e. The Bertz CT molecular complexity index is 594. The molecule has 0 saturated carbocycles. The van der Waals surface area contributed by atoms with Crippen LogP contribution in [0.2, 0.25) is 0 Å². The highest BCUT2D eigenvalue weighted by Crippen LogP contribution is 2.37. The molecule has 1 aromatic carbocycles. The van der Waals surface area contributed by atoms with E-state index in [0.717, 1.165) is 0 Å². The molecular weight excluding hydrogens is 278 g/mol. The number of hydrogen-bond acceptors (Lipinski definition) is 4. The number of halogens is 1. The first-order chi connectivity index (χ1) is 10.6. The third-order valence-electron chi connectivity index (χ3n) is 3.09. The molecule has 0 atom stereocenters. The molecule has 0 aromatic heterocycles. The number of nitrogens with zero attached hydrogens (tertiary/aromatic N) is 1. The van der Waals surface area contributed by atoms with Crippen molar-refractivity contribution in [3.05, 3.63) is 29.8 Å². The van der Waals surface area contributed by atoms with Crippen LogP contribution >= 0.6 is 12.4 Å². The second kappa shape index (κ2) is 6.95. The predicted molar refractivity (Wildman–Crippen MR) is 80.4 cm³/mol. The third kappa shape index (κ3) is 3.25. The Hall–Kier alpha value is -1.26. The fourth-order valence-electron chi connectivity index (χ4n) is 2.07. The van der Waals surface area contributed by atoms with Crippen molar-refractivity contribution in [1.29, 1.82) is 0 Å². The van der Waals surface area contributed by atoms with E-state index in [0.29, 0.717) is 0 Å². The van der Waals surface area contributed by atoms with Crippen molar-refractivity contribution < 1.29 is 20.1 Å². The molecule has 1 aliphatic heterocycles. The van der Waals surface area contributed by atoms with Crippen LogP contribution in [0, 0.1) is 0 Å². The average molecular weight is 304 g/mol. The van der Waals surface area contributed by atoms with Gasteiger partial charge in [0.25, 0.3) is 0 Å². The first-order valence-corrected chi connectivity index (χ1v) is 6.24. The van der Waals surface area contributed by atoms with Gasteiger partial charge in [0.05, 0.1) is 12.0 Å². The second-order valence-electron chi connectivity index (χ2n) is 4.55. The normalized spacial score (nSPS) is 26.1. The minimum atomic E-state index is -2.22. The highest BCUT2D eigenvalue weighted by Gasteiger charge is 2.43. The van der Waals surface area contributed by atoms with Crippen molar-refractivity contribution >= 4 is 18.4 Å². The van der Waals surface area contributed by atoms with Gasteiger partial charge < -0.3 is 14.7 Å². The van der Waals surface area contributed by atoms with Crippen molar-refractivity contribution in [2.24, 2.45) is 0 Å². The lowest BCUT2D eigenvalue weighted by Gasteiger charge is -2.38. The van der Waals surface area contributed by atoms with Crippen LogP contribution in [-0.4, -0.2) is 42.7 Å². The summed E-state index contributed by atoms with van der Waals surface area (Å²) in [5, 5.41) is 9.75. The predicted octanol–water partition coefficient (Wildman–Crippen LogP) is 2.34. The van der Waals surface area contributed by atoms with Gasteiger partial charge in [0.2, 0.25) is 0 Å². The van der Waals surface area contributed by atoms with Gasteiger partial charge >= 0.3 is 5.97 Å². The first-order valence-electron chi connectivity index (χ1n) is 8.24. The SMILES string of the molecule is Cl.[2H]C1([2H])CN(C)CC([2H])([2H])C1(C(=O)OCC)c1cccc(O)c1. The zero-order valence-corrected chi connectivity index (χ0v) is 12.4. The molecule has 4 nitrogen and oxygen atoms in total. The molecule has 0 spiro atoms. The Balaban J connectivity index is 0.00000288. The minimum Gasteiger partial charge on any atom is -0.508 e. The number of phenols is 1. The van der Waals surface area contributed by atoms with E-state index in [4.69, 9.17) is 10.2 Å². The number of esters is 1. The maximum absolute atomic E-state index is 12.8. The molecule has 0 bridgehead atoms. The lowest BCUT2D eigenvalue weighted by Crippen LogP contribution is -2.47. The fraction of sp³-hybridized carbons (Fsp3) is 0.533. The van der Waals surface area contributed by atoms with Gasteiger partial charge in [-0.1, -0.05) is 12.1 Å². The zero-order valence-electron chi connectivity index (χ0n) is 15.5. The van der Waals surface area contributed by atoms with Gasteiger partial charge in [-0.05, 0) is 57.5 Å². The number of carbonyl (C=O) groups excluding carboxylic acids is 1. The van der Waals surface area contributed by atoms with Crippen LogP contribution in [0.3, 0.4) is 0 Å². The van der Waals surface area contributed by atoms with E-state index in [1.807, 2.05) is 0 Å². The molecule has 0 aliphatic carbocycles. The van der Waals surface area contributed by atoms with Crippen molar-refractivity contribution in [3.8, 4) is 5.75 Å². The van der Waals surface area contributed by atoms with Crippen molar-refractivity contribution in [2.45, 2.75) is 25.1 Å². The molecule has 20 heavy (non-hydrogen) atoms. The van der Waals surface area contributed by atoms with Crippen LogP contribution in [0.15, 0.2) is 24.3 Å². The Morgan fingerprint density at radius 2 is 2.15 bits per heavy atom. The lowest BCUT2D eigenvalue weighted by atomic mass is 9.72. The summed E-state index contributed by atoms with van der Waals surface area (Å²) < 4.78 is 38.8. The molecule has 0 unspecified atom stereocenters. The van der Waals surface area contributed by atoms with Crippen LogP contribution < -0.4 is 0 Å². The van der Waals surface area contributed by atoms with Gasteiger partial charge in [-0.25, -0.2) is 0 Å². The number of piperidine rings is 1. The van der Waals surface area contributed by atoms with E-state index < -0.39 is 24.1 Å². The van der Waals surface area contributed by atoms with Gasteiger partial charge in [0.15, 0.2) is 0 Å². The summed E-state index contributed by atoms with van der Waals surface area (Å²) in [5.41, 5.74) is -2.07. The standard InChI is InChI=1S/C15H21NO3.ClH/c1-3-19-14(18)15(7-9-16(2)10-8-15)12-5-4-6-13(17)11-12;/h4-6,11,17H,3,7-10H2,1-2H3;1H/i7D2,8D2;. The summed E-state index contributed by atoms with van der Waals surface area (Å²) in [5.74, 6) is -1.11. The Kier molecular flexibility index (Phi) is 3.96. The summed E-state index contributed by atoms with van der Waals surface area (Å²) in [7, 11) is 1.60. The maximum atomic E-state index is 12.8. The summed E-state index contributed by atoms with van der Waals surface area (Å²) in [6, 6.07) is 5.55. The largest absolute Gasteiger partial charge is 0.508 e. The molecule has 5 heteroatoms. The molecule has 1 aromatic rings. The highest BCUT2D eigenvalue weighted by atomic mass is 35.5. The van der Waals surface area contributed by atoms with Gasteiger partial charge in [-0.3, -0.25) is 4.79 Å². The Morgan fingerprint density at radius 1 is 1.50 bits per heavy atom. The quantitative estimate of drug-likeness (QED) is 0.871. The molecule has 1 heterocycles. The van der Waals surface area contributed by atoms with Crippen LogP contribution in [0.5, 0.6) is 5.75 Å². The molecule has 1 fully saturated rings. The summed E-state index contributed by atoms with van der Waals surface area (Å²) >= 11 is 0. The van der Waals surface area contributed by atoms with E-state index in [2.05, 4.69) is 0 Å². The van der Waals surface area contributed by atoms with Gasteiger partial charge in [-0.2, -0.15) is 0 Å². The molecule has 1 N–H and O–H groups in total. The van der Waals surface area contributed by atoms with E-state index in [1.54, 1.807) is 14.0 Å². The fourth-order valence-corrected chi connectivity index (χ4v) is 2.07. The van der Waals surface area contributed by atoms with Crippen LogP contribution in [0.1, 0.15) is 30.7 Å². The van der Waals surface area contributed by atoms with Gasteiger partial charge in [0, 0.05) is 5.48 Å². The lowest BCUT2D eigenvalue weighted by molar-refractivity contribution is -0.152. The number of hydrogen-bond donors (Lipinski definition) is 1. The van der Waals surface area contributed by atoms with Gasteiger partial charge in [-0.15, -0.1) is 12.4 Å². The molecule has 1 saturated heterocycles. The van der Waals surface area contributed by atoms with Crippen molar-refractivity contribution in [2.75, 3.05) is 26.7 Å². The summed E-state index contributed by atoms with van der Waals surface area (Å²) in [6.07, 6.45) is -4.44. The number of ether oxygens (including phenoxy) is 1. The van der Waals surface area contributed by atoms with Crippen molar-refractivity contribution in [1.82, 2.24) is 4.90 Å². The summed E-state index contributed by atoms with van der Waals surface area (Å²) in [6.45, 7) is 1.36. The number of benzene rings is 1. The van der Waals surface area contributed by atoms with E-state index >= 15 is 0 Å². The molecule has 112 valence electrons. The monoisotopic (exact) mass is 303 g/mol. The number of rotatable bonds is 3. The number of carbonyl (C=O) groups is 1. The van der Waals surface area contributed by atoms with Crippen LogP contribution in [0.25, 0.3) is 0 Å². The highest BCUT2D eigenvalue weighted by molar-refractivity contribution is 5.85. The topological polar surface area (TPSA) is 49.8 Å². The van der Waals surface area contributed by atoms with E-state index in [9.17, 15) is 9.90 Å². The van der Waals surface area contributed by atoms with E-state index in [1.165, 1.54) is 29.2 Å². The molecule has 0 radical (unpaired) electrons. The Morgan fingerprint density at radius 3 is 2.70 bits per heavy atom. The van der Waals surface area contributed by atoms with Crippen LogP contribution in [-0.2, 0) is 14.9 Å². The molecular formula is C15H22ClNO3. The Labute approximate surface area is 131 Å². The second-order valence-corrected chi connectivity index (χ2v) is 4.55.